The van der Waals surface area contributed by atoms with Crippen molar-refractivity contribution in [2.45, 2.75) is 26.8 Å². The highest BCUT2D eigenvalue weighted by Gasteiger charge is 2.33. The number of phenols is 1. The van der Waals surface area contributed by atoms with Gasteiger partial charge in [0.25, 0.3) is 5.56 Å². The molecule has 1 aromatic heterocycles. The molecule has 0 amide bonds. The fraction of sp³-hybridized carbons (Fsp3) is 0.269. The maximum absolute atomic E-state index is 13.6. The van der Waals surface area contributed by atoms with Crippen molar-refractivity contribution < 1.29 is 24.1 Å². The van der Waals surface area contributed by atoms with Gasteiger partial charge in [0.05, 0.1) is 42.2 Å². The van der Waals surface area contributed by atoms with Crippen molar-refractivity contribution in [3.8, 4) is 17.2 Å². The maximum atomic E-state index is 13.6. The van der Waals surface area contributed by atoms with Crippen LogP contribution < -0.4 is 24.4 Å². The number of phenolic OH excluding ortho intramolecular Hbond substituents is 1. The summed E-state index contributed by atoms with van der Waals surface area (Å²) in [6.07, 6.45) is 1.68. The van der Waals surface area contributed by atoms with E-state index in [4.69, 9.17) is 14.2 Å². The van der Waals surface area contributed by atoms with Gasteiger partial charge in [-0.15, -0.1) is 0 Å². The highest BCUT2D eigenvalue weighted by atomic mass is 32.1. The highest BCUT2D eigenvalue weighted by Crippen LogP contribution is 2.32. The molecule has 3 aromatic rings. The summed E-state index contributed by atoms with van der Waals surface area (Å²) < 4.78 is 17.9. The average Bonchev–Trinajstić information content (AvgIpc) is 3.13. The van der Waals surface area contributed by atoms with Gasteiger partial charge >= 0.3 is 5.97 Å². The van der Waals surface area contributed by atoms with Gasteiger partial charge in [0.2, 0.25) is 0 Å². The van der Waals surface area contributed by atoms with Crippen LogP contribution in [0.1, 0.15) is 37.9 Å². The molecule has 9 heteroatoms. The zero-order valence-electron chi connectivity index (χ0n) is 19.9. The first kappa shape index (κ1) is 24.3. The van der Waals surface area contributed by atoms with Crippen LogP contribution in [-0.2, 0) is 9.53 Å². The van der Waals surface area contributed by atoms with Crippen molar-refractivity contribution in [1.82, 2.24) is 4.57 Å². The van der Waals surface area contributed by atoms with E-state index in [1.54, 1.807) is 32.1 Å². The molecule has 0 aliphatic carbocycles. The summed E-state index contributed by atoms with van der Waals surface area (Å²) >= 11 is 1.22. The van der Waals surface area contributed by atoms with Crippen LogP contribution >= 0.6 is 11.3 Å². The third kappa shape index (κ3) is 4.72. The number of carbonyl (C=O) groups is 1. The third-order valence-electron chi connectivity index (χ3n) is 5.52. The fourth-order valence-electron chi connectivity index (χ4n) is 3.97. The number of methoxy groups -OCH3 is 1. The number of esters is 1. The molecule has 8 nitrogen and oxygen atoms in total. The Morgan fingerprint density at radius 2 is 1.91 bits per heavy atom. The molecule has 0 fully saturated rings. The molecule has 2 heterocycles. The largest absolute Gasteiger partial charge is 0.504 e. The number of aromatic nitrogens is 1. The number of ether oxygens (including phenoxy) is 3. The number of carbonyl (C=O) groups excluding carboxylic acids is 1. The minimum atomic E-state index is -0.701. The fourth-order valence-corrected chi connectivity index (χ4v) is 5.01. The van der Waals surface area contributed by atoms with Gasteiger partial charge in [-0.3, -0.25) is 9.36 Å². The Bertz CT molecular complexity index is 1470. The summed E-state index contributed by atoms with van der Waals surface area (Å²) in [6, 6.07) is 11.5. The van der Waals surface area contributed by atoms with Gasteiger partial charge in [0.15, 0.2) is 16.3 Å². The Hall–Kier alpha value is -3.85. The monoisotopic (exact) mass is 494 g/mol. The van der Waals surface area contributed by atoms with Crippen LogP contribution in [0.5, 0.6) is 17.2 Å². The molecule has 1 aliphatic rings. The number of rotatable bonds is 7. The summed E-state index contributed by atoms with van der Waals surface area (Å²) in [4.78, 5) is 31.6. The molecule has 1 N–H and O–H groups in total. The van der Waals surface area contributed by atoms with Gasteiger partial charge in [-0.2, -0.15) is 0 Å². The van der Waals surface area contributed by atoms with Crippen LogP contribution in [0.4, 0.5) is 0 Å². The summed E-state index contributed by atoms with van der Waals surface area (Å²) in [7, 11) is 1.47. The Morgan fingerprint density at radius 3 is 2.54 bits per heavy atom. The van der Waals surface area contributed by atoms with Crippen LogP contribution in [0.3, 0.4) is 0 Å². The van der Waals surface area contributed by atoms with Gasteiger partial charge in [-0.05, 0) is 62.2 Å². The molecule has 1 aliphatic heterocycles. The lowest BCUT2D eigenvalue weighted by atomic mass is 9.96. The van der Waals surface area contributed by atoms with E-state index in [2.05, 4.69) is 4.99 Å². The smallest absolute Gasteiger partial charge is 0.338 e. The molecule has 0 spiro atoms. The standard InChI is InChI=1S/C26H26N2O6S/c1-5-33-18-10-8-17(9-11-18)23-22(25(31)34-6-2)15(3)27-26-28(23)24(30)21(35-26)14-16-7-12-20(32-4)19(29)13-16/h7-14,23,29H,5-6H2,1-4H3/b21-14-/t23-/m1/s1. The van der Waals surface area contributed by atoms with E-state index < -0.39 is 12.0 Å². The average molecular weight is 495 g/mol. The predicted octanol–water partition coefficient (Wildman–Crippen LogP) is 2.91. The van der Waals surface area contributed by atoms with Gasteiger partial charge in [-0.25, -0.2) is 9.79 Å². The highest BCUT2D eigenvalue weighted by molar-refractivity contribution is 7.07. The van der Waals surface area contributed by atoms with E-state index in [0.717, 1.165) is 5.56 Å². The SMILES string of the molecule is CCOC(=O)C1=C(C)N=c2s/c(=C\c3ccc(OC)c(O)c3)c(=O)n2[C@@H]1c1ccc(OCC)cc1. The molecule has 182 valence electrons. The van der Waals surface area contributed by atoms with Gasteiger partial charge in [0.1, 0.15) is 5.75 Å². The Labute approximate surface area is 206 Å². The normalized spacial score (nSPS) is 15.4. The number of thiazole rings is 1. The maximum Gasteiger partial charge on any atom is 0.338 e. The van der Waals surface area contributed by atoms with E-state index in [-0.39, 0.29) is 17.9 Å². The molecule has 0 unspecified atom stereocenters. The second kappa shape index (κ2) is 10.2. The van der Waals surface area contributed by atoms with E-state index in [0.29, 0.717) is 44.3 Å². The molecule has 0 saturated carbocycles. The second-order valence-electron chi connectivity index (χ2n) is 7.74. The molecule has 2 aromatic carbocycles. The number of hydrogen-bond acceptors (Lipinski definition) is 8. The van der Waals surface area contributed by atoms with E-state index in [1.807, 2.05) is 31.2 Å². The summed E-state index contributed by atoms with van der Waals surface area (Å²) in [5.41, 5.74) is 1.89. The topological polar surface area (TPSA) is 99.4 Å². The number of nitrogens with zero attached hydrogens (tertiary/aromatic N) is 2. The van der Waals surface area contributed by atoms with Crippen LogP contribution in [-0.4, -0.2) is 36.0 Å². The van der Waals surface area contributed by atoms with Crippen molar-refractivity contribution >= 4 is 23.4 Å². The predicted molar refractivity (Wildman–Crippen MR) is 133 cm³/mol. The molecular formula is C26H26N2O6S. The first-order valence-corrected chi connectivity index (χ1v) is 12.0. The van der Waals surface area contributed by atoms with Gasteiger partial charge in [0, 0.05) is 0 Å². The Kier molecular flexibility index (Phi) is 7.07. The number of fused-ring (bicyclic) bond motifs is 1. The summed E-state index contributed by atoms with van der Waals surface area (Å²) in [5.74, 6) is 0.499. The number of benzene rings is 2. The van der Waals surface area contributed by atoms with Gasteiger partial charge < -0.3 is 19.3 Å². The first-order valence-electron chi connectivity index (χ1n) is 11.2. The lowest BCUT2D eigenvalue weighted by Crippen LogP contribution is -2.39. The zero-order valence-corrected chi connectivity index (χ0v) is 20.7. The molecule has 0 saturated heterocycles. The summed E-state index contributed by atoms with van der Waals surface area (Å²) in [6.45, 7) is 6.12. The van der Waals surface area contributed by atoms with Crippen LogP contribution in [0.25, 0.3) is 6.08 Å². The second-order valence-corrected chi connectivity index (χ2v) is 8.74. The minimum absolute atomic E-state index is 0.0262. The van der Waals surface area contributed by atoms with Crippen molar-refractivity contribution in [3.05, 3.63) is 84.5 Å². The van der Waals surface area contributed by atoms with Crippen molar-refractivity contribution in [2.75, 3.05) is 20.3 Å². The lowest BCUT2D eigenvalue weighted by molar-refractivity contribution is -0.139. The van der Waals surface area contributed by atoms with Crippen LogP contribution in [0.15, 0.2) is 63.5 Å². The number of allylic oxidation sites excluding steroid dienone is 1. The van der Waals surface area contributed by atoms with Crippen LogP contribution in [0, 0.1) is 0 Å². The third-order valence-corrected chi connectivity index (χ3v) is 6.51. The van der Waals surface area contributed by atoms with E-state index >= 15 is 0 Å². The minimum Gasteiger partial charge on any atom is -0.504 e. The van der Waals surface area contributed by atoms with Gasteiger partial charge in [-0.1, -0.05) is 29.5 Å². The first-order chi connectivity index (χ1) is 16.9. The van der Waals surface area contributed by atoms with Crippen molar-refractivity contribution in [2.24, 2.45) is 4.99 Å². The molecule has 0 radical (unpaired) electrons. The molecule has 1 atom stereocenters. The van der Waals surface area contributed by atoms with Crippen molar-refractivity contribution in [3.63, 3.8) is 0 Å². The Morgan fingerprint density at radius 1 is 1.17 bits per heavy atom. The molecule has 35 heavy (non-hydrogen) atoms. The number of hydrogen-bond donors (Lipinski definition) is 1. The summed E-state index contributed by atoms with van der Waals surface area (Å²) in [5, 5.41) is 10.1. The lowest BCUT2D eigenvalue weighted by Gasteiger charge is -2.24. The van der Waals surface area contributed by atoms with Crippen molar-refractivity contribution in [1.29, 1.82) is 0 Å². The quantitative estimate of drug-likeness (QED) is 0.507. The molecule has 4 rings (SSSR count). The van der Waals surface area contributed by atoms with Crippen LogP contribution in [0.2, 0.25) is 0 Å². The number of aromatic hydroxyl groups is 1. The molecular weight excluding hydrogens is 468 g/mol. The van der Waals surface area contributed by atoms with E-state index in [9.17, 15) is 14.7 Å². The molecule has 0 bridgehead atoms. The Balaban J connectivity index is 1.89. The van der Waals surface area contributed by atoms with E-state index in [1.165, 1.54) is 29.1 Å². The zero-order chi connectivity index (χ0) is 25.1.